The van der Waals surface area contributed by atoms with Crippen LogP contribution in [0.4, 0.5) is 9.39 Å². The summed E-state index contributed by atoms with van der Waals surface area (Å²) < 4.78 is 23.4. The molecule has 0 atom stereocenters. The van der Waals surface area contributed by atoms with Gasteiger partial charge in [0.25, 0.3) is 5.91 Å². The number of hydrogen-bond acceptors (Lipinski definition) is 9. The van der Waals surface area contributed by atoms with Crippen LogP contribution in [0.2, 0.25) is 0 Å². The minimum absolute atomic E-state index is 0.0911. The fourth-order valence-electron chi connectivity index (χ4n) is 2.50. The summed E-state index contributed by atoms with van der Waals surface area (Å²) >= 11 is 2.26. The van der Waals surface area contributed by atoms with Gasteiger partial charge < -0.3 is 10.1 Å². The van der Waals surface area contributed by atoms with Gasteiger partial charge in [-0.1, -0.05) is 10.6 Å². The van der Waals surface area contributed by atoms with E-state index in [1.54, 1.807) is 6.92 Å². The van der Waals surface area contributed by atoms with Gasteiger partial charge in [0.05, 0.1) is 17.2 Å². The Morgan fingerprint density at radius 3 is 2.73 bits per heavy atom. The second-order valence-corrected chi connectivity index (χ2v) is 7.45. The fraction of sp³-hybridized carbons (Fsp3) is 0.111. The Labute approximate surface area is 177 Å². The van der Waals surface area contributed by atoms with E-state index in [1.165, 1.54) is 40.3 Å². The average Bonchev–Trinajstić information content (AvgIpc) is 3.48. The smallest absolute Gasteiger partial charge is 0.362 e. The SMILES string of the molecule is CCOC(=O)c1nnsc1NC(=O)c1nc(-c2cccs2)n(-c2ccc(F)cc2)n1. The number of carbonyl (C=O) groups is 2. The van der Waals surface area contributed by atoms with E-state index in [1.807, 2.05) is 17.5 Å². The number of thiophene rings is 1. The molecule has 1 amide bonds. The van der Waals surface area contributed by atoms with Crippen LogP contribution in [-0.2, 0) is 4.74 Å². The van der Waals surface area contributed by atoms with Crippen LogP contribution in [0, 0.1) is 5.82 Å². The molecular formula is C18H13FN6O3S2. The summed E-state index contributed by atoms with van der Waals surface area (Å²) in [6.07, 6.45) is 0. The molecule has 0 fully saturated rings. The number of anilines is 1. The summed E-state index contributed by atoms with van der Waals surface area (Å²) in [6.45, 7) is 1.83. The maximum absolute atomic E-state index is 13.3. The van der Waals surface area contributed by atoms with Gasteiger partial charge in [-0.3, -0.25) is 4.79 Å². The van der Waals surface area contributed by atoms with Crippen LogP contribution in [0.25, 0.3) is 16.4 Å². The number of benzene rings is 1. The standard InChI is InChI=1S/C18H13FN6O3S2/c1-2-28-18(27)13-17(30-24-22-13)21-16(26)14-20-15(12-4-3-9-29-12)25(23-14)11-7-5-10(19)6-8-11/h3-9H,2H2,1H3,(H,21,26). The van der Waals surface area contributed by atoms with Crippen molar-refractivity contribution < 1.29 is 18.7 Å². The lowest BCUT2D eigenvalue weighted by atomic mass is 10.3. The monoisotopic (exact) mass is 444 g/mol. The third-order valence-electron chi connectivity index (χ3n) is 3.81. The number of nitrogens with zero attached hydrogens (tertiary/aromatic N) is 5. The first kappa shape index (κ1) is 19.8. The summed E-state index contributed by atoms with van der Waals surface area (Å²) in [5, 5.41) is 12.5. The van der Waals surface area contributed by atoms with E-state index in [4.69, 9.17) is 4.74 Å². The van der Waals surface area contributed by atoms with E-state index in [-0.39, 0.29) is 23.1 Å². The highest BCUT2D eigenvalue weighted by atomic mass is 32.1. The van der Waals surface area contributed by atoms with E-state index >= 15 is 0 Å². The molecule has 152 valence electrons. The zero-order valence-corrected chi connectivity index (χ0v) is 17.0. The average molecular weight is 444 g/mol. The van der Waals surface area contributed by atoms with Gasteiger partial charge in [-0.15, -0.1) is 21.5 Å². The van der Waals surface area contributed by atoms with Crippen molar-refractivity contribution in [3.8, 4) is 16.4 Å². The fourth-order valence-corrected chi connectivity index (χ4v) is 3.75. The molecule has 0 radical (unpaired) electrons. The maximum atomic E-state index is 13.3. The van der Waals surface area contributed by atoms with E-state index < -0.39 is 17.7 Å². The van der Waals surface area contributed by atoms with E-state index in [9.17, 15) is 14.0 Å². The zero-order valence-electron chi connectivity index (χ0n) is 15.4. The van der Waals surface area contributed by atoms with E-state index in [2.05, 4.69) is 25.0 Å². The van der Waals surface area contributed by atoms with Gasteiger partial charge in [0, 0.05) is 11.5 Å². The second kappa shape index (κ2) is 8.47. The summed E-state index contributed by atoms with van der Waals surface area (Å²) in [5.74, 6) is -1.43. The number of amides is 1. The number of rotatable bonds is 6. The molecule has 30 heavy (non-hydrogen) atoms. The number of carbonyl (C=O) groups excluding carboxylic acids is 2. The molecule has 0 saturated heterocycles. The lowest BCUT2D eigenvalue weighted by Crippen LogP contribution is -2.16. The molecule has 0 aliphatic heterocycles. The lowest BCUT2D eigenvalue weighted by Gasteiger charge is -2.04. The molecule has 4 rings (SSSR count). The Hall–Kier alpha value is -3.51. The second-order valence-electron chi connectivity index (χ2n) is 5.75. The number of esters is 1. The summed E-state index contributed by atoms with van der Waals surface area (Å²) in [4.78, 5) is 29.8. The van der Waals surface area contributed by atoms with Crippen molar-refractivity contribution in [2.75, 3.05) is 11.9 Å². The minimum Gasteiger partial charge on any atom is -0.461 e. The van der Waals surface area contributed by atoms with Gasteiger partial charge >= 0.3 is 5.97 Å². The largest absolute Gasteiger partial charge is 0.461 e. The maximum Gasteiger partial charge on any atom is 0.362 e. The predicted molar refractivity (Wildman–Crippen MR) is 108 cm³/mol. The quantitative estimate of drug-likeness (QED) is 0.454. The van der Waals surface area contributed by atoms with Gasteiger partial charge in [0.2, 0.25) is 11.5 Å². The third-order valence-corrected chi connectivity index (χ3v) is 5.31. The van der Waals surface area contributed by atoms with Crippen molar-refractivity contribution in [2.24, 2.45) is 0 Å². The van der Waals surface area contributed by atoms with E-state index in [0.717, 1.165) is 16.4 Å². The van der Waals surface area contributed by atoms with Gasteiger partial charge in [0.15, 0.2) is 10.8 Å². The van der Waals surface area contributed by atoms with Crippen molar-refractivity contribution in [3.05, 3.63) is 59.1 Å². The minimum atomic E-state index is -0.689. The number of hydrogen-bond donors (Lipinski definition) is 1. The number of aromatic nitrogens is 5. The van der Waals surface area contributed by atoms with Crippen LogP contribution in [0.1, 0.15) is 28.0 Å². The highest BCUT2D eigenvalue weighted by Gasteiger charge is 2.24. The molecule has 0 unspecified atom stereocenters. The first-order valence-corrected chi connectivity index (χ1v) is 10.3. The summed E-state index contributed by atoms with van der Waals surface area (Å²) in [6, 6.07) is 9.34. The predicted octanol–water partition coefficient (Wildman–Crippen LogP) is 3.42. The van der Waals surface area contributed by atoms with Crippen molar-refractivity contribution in [1.29, 1.82) is 0 Å². The Balaban J connectivity index is 1.67. The topological polar surface area (TPSA) is 112 Å². The lowest BCUT2D eigenvalue weighted by molar-refractivity contribution is 0.0520. The van der Waals surface area contributed by atoms with Gasteiger partial charge in [-0.25, -0.2) is 18.9 Å². The molecule has 1 N–H and O–H groups in total. The van der Waals surface area contributed by atoms with Crippen molar-refractivity contribution >= 4 is 39.7 Å². The molecule has 3 heterocycles. The molecule has 3 aromatic heterocycles. The summed E-state index contributed by atoms with van der Waals surface area (Å²) in [5.41, 5.74) is 0.449. The zero-order chi connectivity index (χ0) is 21.1. The highest BCUT2D eigenvalue weighted by molar-refractivity contribution is 7.13. The first-order valence-electron chi connectivity index (χ1n) is 8.64. The van der Waals surface area contributed by atoms with Gasteiger partial charge in [-0.2, -0.15) is 0 Å². The number of halogens is 1. The Morgan fingerprint density at radius 1 is 1.23 bits per heavy atom. The molecule has 1 aromatic carbocycles. The van der Waals surface area contributed by atoms with Gasteiger partial charge in [0.1, 0.15) is 5.82 Å². The van der Waals surface area contributed by atoms with Gasteiger partial charge in [-0.05, 0) is 42.6 Å². The van der Waals surface area contributed by atoms with Crippen LogP contribution in [0.3, 0.4) is 0 Å². The number of nitrogens with one attached hydrogen (secondary N) is 1. The molecule has 0 saturated carbocycles. The van der Waals surface area contributed by atoms with Crippen LogP contribution >= 0.6 is 22.9 Å². The summed E-state index contributed by atoms with van der Waals surface area (Å²) in [7, 11) is 0. The molecule has 0 spiro atoms. The molecular weight excluding hydrogens is 431 g/mol. The van der Waals surface area contributed by atoms with Crippen molar-refractivity contribution in [1.82, 2.24) is 24.4 Å². The molecule has 9 nitrogen and oxygen atoms in total. The van der Waals surface area contributed by atoms with Crippen LogP contribution < -0.4 is 5.32 Å². The normalized spacial score (nSPS) is 10.7. The third kappa shape index (κ3) is 3.95. The van der Waals surface area contributed by atoms with Crippen molar-refractivity contribution in [2.45, 2.75) is 6.92 Å². The Morgan fingerprint density at radius 2 is 2.03 bits per heavy atom. The molecule has 12 heteroatoms. The molecule has 4 aromatic rings. The molecule has 0 bridgehead atoms. The Bertz CT molecular complexity index is 1190. The molecule has 0 aliphatic carbocycles. The first-order chi connectivity index (χ1) is 14.6. The van der Waals surface area contributed by atoms with Crippen LogP contribution in [-0.4, -0.2) is 42.8 Å². The van der Waals surface area contributed by atoms with Crippen molar-refractivity contribution in [3.63, 3.8) is 0 Å². The number of ether oxygens (including phenoxy) is 1. The van der Waals surface area contributed by atoms with E-state index in [0.29, 0.717) is 11.5 Å². The molecule has 0 aliphatic rings. The Kier molecular flexibility index (Phi) is 5.59. The van der Waals surface area contributed by atoms with Crippen LogP contribution in [0.5, 0.6) is 0 Å². The van der Waals surface area contributed by atoms with Crippen LogP contribution in [0.15, 0.2) is 41.8 Å². The highest BCUT2D eigenvalue weighted by Crippen LogP contribution is 2.26.